The molecule has 17 heavy (non-hydrogen) atoms. The van der Waals surface area contributed by atoms with Gasteiger partial charge in [-0.2, -0.15) is 0 Å². The molecular formula is C13H26N2O2. The van der Waals surface area contributed by atoms with Gasteiger partial charge in [0.25, 0.3) is 0 Å². The van der Waals surface area contributed by atoms with Crippen LogP contribution in [0.1, 0.15) is 26.2 Å². The second-order valence-electron chi connectivity index (χ2n) is 5.06. The van der Waals surface area contributed by atoms with Crippen molar-refractivity contribution in [2.45, 2.75) is 38.4 Å². The van der Waals surface area contributed by atoms with Crippen molar-refractivity contribution in [3.05, 3.63) is 0 Å². The Morgan fingerprint density at radius 1 is 1.06 bits per heavy atom. The van der Waals surface area contributed by atoms with Gasteiger partial charge in [0.2, 0.25) is 0 Å². The van der Waals surface area contributed by atoms with Gasteiger partial charge in [0, 0.05) is 26.2 Å². The monoisotopic (exact) mass is 242 g/mol. The number of piperidine rings is 1. The van der Waals surface area contributed by atoms with Crippen molar-refractivity contribution in [3.63, 3.8) is 0 Å². The molecule has 2 aliphatic rings. The van der Waals surface area contributed by atoms with Crippen LogP contribution >= 0.6 is 0 Å². The summed E-state index contributed by atoms with van der Waals surface area (Å²) in [5.74, 6) is 0. The van der Waals surface area contributed by atoms with E-state index in [1.165, 1.54) is 38.9 Å². The van der Waals surface area contributed by atoms with Crippen LogP contribution in [0.5, 0.6) is 0 Å². The summed E-state index contributed by atoms with van der Waals surface area (Å²) in [6.45, 7) is 9.42. The lowest BCUT2D eigenvalue weighted by molar-refractivity contribution is -0.0502. The van der Waals surface area contributed by atoms with Crippen LogP contribution in [0.4, 0.5) is 0 Å². The Labute approximate surface area is 105 Å². The van der Waals surface area contributed by atoms with Crippen molar-refractivity contribution in [1.29, 1.82) is 0 Å². The van der Waals surface area contributed by atoms with E-state index in [1.807, 2.05) is 0 Å². The van der Waals surface area contributed by atoms with Crippen LogP contribution in [0.3, 0.4) is 0 Å². The highest BCUT2D eigenvalue weighted by molar-refractivity contribution is 4.75. The molecule has 0 aromatic heterocycles. The average molecular weight is 242 g/mol. The number of hydrogen-bond donors (Lipinski definition) is 1. The molecule has 0 atom stereocenters. The van der Waals surface area contributed by atoms with Crippen molar-refractivity contribution in [2.75, 3.05) is 45.9 Å². The highest BCUT2D eigenvalue weighted by atomic mass is 16.5. The maximum atomic E-state index is 5.86. The van der Waals surface area contributed by atoms with Gasteiger partial charge in [-0.3, -0.25) is 0 Å². The molecule has 0 unspecified atom stereocenters. The van der Waals surface area contributed by atoms with E-state index in [9.17, 15) is 0 Å². The maximum absolute atomic E-state index is 5.86. The van der Waals surface area contributed by atoms with Gasteiger partial charge in [-0.1, -0.05) is 6.92 Å². The quantitative estimate of drug-likeness (QED) is 0.672. The fraction of sp³-hybridized carbons (Fsp3) is 1.00. The SMILES string of the molecule is CCCN1CCC(OCCOC2CNC2)CC1. The molecule has 2 aliphatic heterocycles. The number of likely N-dealkylation sites (tertiary alicyclic amines) is 1. The molecule has 2 rings (SSSR count). The van der Waals surface area contributed by atoms with Gasteiger partial charge < -0.3 is 19.7 Å². The molecule has 2 fully saturated rings. The molecule has 0 saturated carbocycles. The number of nitrogens with one attached hydrogen (secondary N) is 1. The van der Waals surface area contributed by atoms with E-state index in [0.717, 1.165) is 26.3 Å². The van der Waals surface area contributed by atoms with Crippen molar-refractivity contribution < 1.29 is 9.47 Å². The first-order chi connectivity index (χ1) is 8.38. The summed E-state index contributed by atoms with van der Waals surface area (Å²) in [4.78, 5) is 2.54. The smallest absolute Gasteiger partial charge is 0.0824 e. The first-order valence-electron chi connectivity index (χ1n) is 7.04. The Morgan fingerprint density at radius 3 is 2.24 bits per heavy atom. The maximum Gasteiger partial charge on any atom is 0.0824 e. The Bertz CT molecular complexity index is 202. The molecule has 4 nitrogen and oxygen atoms in total. The van der Waals surface area contributed by atoms with Crippen molar-refractivity contribution in [2.24, 2.45) is 0 Å². The summed E-state index contributed by atoms with van der Waals surface area (Å²) in [5.41, 5.74) is 0. The molecule has 100 valence electrons. The van der Waals surface area contributed by atoms with Gasteiger partial charge >= 0.3 is 0 Å². The number of rotatable bonds is 7. The minimum absolute atomic E-state index is 0.435. The predicted molar refractivity (Wildman–Crippen MR) is 68.3 cm³/mol. The molecule has 0 aromatic carbocycles. The molecule has 0 aromatic rings. The Balaban J connectivity index is 1.46. The lowest BCUT2D eigenvalue weighted by Gasteiger charge is -2.32. The van der Waals surface area contributed by atoms with E-state index in [4.69, 9.17) is 9.47 Å². The van der Waals surface area contributed by atoms with Crippen LogP contribution in [0.15, 0.2) is 0 Å². The summed E-state index contributed by atoms with van der Waals surface area (Å²) in [7, 11) is 0. The lowest BCUT2D eigenvalue weighted by Crippen LogP contribution is -2.48. The molecule has 0 amide bonds. The Kier molecular flexibility index (Phi) is 5.71. The third-order valence-electron chi connectivity index (χ3n) is 3.61. The van der Waals surface area contributed by atoms with Crippen molar-refractivity contribution in [1.82, 2.24) is 10.2 Å². The minimum atomic E-state index is 0.435. The van der Waals surface area contributed by atoms with Crippen LogP contribution in [-0.4, -0.2) is 63.0 Å². The van der Waals surface area contributed by atoms with Crippen LogP contribution in [-0.2, 0) is 9.47 Å². The predicted octanol–water partition coefficient (Wildman–Crippen LogP) is 0.866. The van der Waals surface area contributed by atoms with Crippen molar-refractivity contribution in [3.8, 4) is 0 Å². The third kappa shape index (κ3) is 4.54. The third-order valence-corrected chi connectivity index (χ3v) is 3.61. The molecule has 0 spiro atoms. The van der Waals surface area contributed by atoms with E-state index >= 15 is 0 Å². The zero-order valence-electron chi connectivity index (χ0n) is 11.0. The van der Waals surface area contributed by atoms with Gasteiger partial charge in [-0.25, -0.2) is 0 Å². The second-order valence-corrected chi connectivity index (χ2v) is 5.06. The Morgan fingerprint density at radius 2 is 1.71 bits per heavy atom. The van der Waals surface area contributed by atoms with Crippen LogP contribution < -0.4 is 5.32 Å². The first kappa shape index (κ1) is 13.3. The van der Waals surface area contributed by atoms with Crippen LogP contribution in [0.25, 0.3) is 0 Å². The number of ether oxygens (including phenoxy) is 2. The van der Waals surface area contributed by atoms with E-state index in [-0.39, 0.29) is 0 Å². The molecule has 0 aliphatic carbocycles. The highest BCUT2D eigenvalue weighted by Crippen LogP contribution is 2.13. The van der Waals surface area contributed by atoms with Crippen LogP contribution in [0.2, 0.25) is 0 Å². The van der Waals surface area contributed by atoms with E-state index in [1.54, 1.807) is 0 Å². The lowest BCUT2D eigenvalue weighted by atomic mass is 10.1. The second kappa shape index (κ2) is 7.31. The molecule has 2 saturated heterocycles. The van der Waals surface area contributed by atoms with E-state index in [2.05, 4.69) is 17.1 Å². The highest BCUT2D eigenvalue weighted by Gasteiger charge is 2.20. The molecule has 2 heterocycles. The zero-order chi connectivity index (χ0) is 11.9. The summed E-state index contributed by atoms with van der Waals surface area (Å²) in [6.07, 6.45) is 4.53. The standard InChI is InChI=1S/C13H26N2O2/c1-2-5-15-6-3-12(4-7-15)16-8-9-17-13-10-14-11-13/h12-14H,2-11H2,1H3. The topological polar surface area (TPSA) is 33.7 Å². The van der Waals surface area contributed by atoms with E-state index < -0.39 is 0 Å². The molecule has 0 bridgehead atoms. The normalized spacial score (nSPS) is 23.8. The molecule has 0 radical (unpaired) electrons. The number of nitrogens with zero attached hydrogens (tertiary/aromatic N) is 1. The van der Waals surface area contributed by atoms with E-state index in [0.29, 0.717) is 12.2 Å². The fourth-order valence-corrected chi connectivity index (χ4v) is 2.43. The fourth-order valence-electron chi connectivity index (χ4n) is 2.43. The summed E-state index contributed by atoms with van der Waals surface area (Å²) in [6, 6.07) is 0. The minimum Gasteiger partial charge on any atom is -0.376 e. The first-order valence-corrected chi connectivity index (χ1v) is 7.04. The molecular weight excluding hydrogens is 216 g/mol. The van der Waals surface area contributed by atoms with Gasteiger partial charge in [0.05, 0.1) is 25.4 Å². The molecule has 1 N–H and O–H groups in total. The zero-order valence-corrected chi connectivity index (χ0v) is 11.0. The largest absolute Gasteiger partial charge is 0.376 e. The van der Waals surface area contributed by atoms with Crippen molar-refractivity contribution >= 4 is 0 Å². The molecule has 4 heteroatoms. The van der Waals surface area contributed by atoms with Gasteiger partial charge in [0.1, 0.15) is 0 Å². The number of hydrogen-bond acceptors (Lipinski definition) is 4. The average Bonchev–Trinajstić information content (AvgIpc) is 2.29. The summed E-state index contributed by atoms with van der Waals surface area (Å²) in [5, 5.41) is 3.20. The van der Waals surface area contributed by atoms with Gasteiger partial charge in [-0.15, -0.1) is 0 Å². The van der Waals surface area contributed by atoms with Gasteiger partial charge in [-0.05, 0) is 25.8 Å². The van der Waals surface area contributed by atoms with Crippen LogP contribution in [0, 0.1) is 0 Å². The summed E-state index contributed by atoms with van der Waals surface area (Å²) < 4.78 is 11.5. The van der Waals surface area contributed by atoms with Gasteiger partial charge in [0.15, 0.2) is 0 Å². The Hall–Kier alpha value is -0.160. The summed E-state index contributed by atoms with van der Waals surface area (Å²) >= 11 is 0.